The molecular weight excluding hydrogens is 400 g/mol. The van der Waals surface area contributed by atoms with Crippen LogP contribution in [0.2, 0.25) is 0 Å². The number of nitrogens with zero attached hydrogens (tertiary/aromatic N) is 3. The summed E-state index contributed by atoms with van der Waals surface area (Å²) in [4.78, 5) is 17.5. The molecule has 8 nitrogen and oxygen atoms in total. The minimum Gasteiger partial charge on any atom is -0.345 e. The van der Waals surface area contributed by atoms with Gasteiger partial charge in [-0.25, -0.2) is 8.42 Å². The second-order valence-corrected chi connectivity index (χ2v) is 9.11. The number of benzene rings is 1. The Morgan fingerprint density at radius 3 is 2.71 bits per heavy atom. The van der Waals surface area contributed by atoms with Gasteiger partial charge in [0.2, 0.25) is 27.6 Å². The molecule has 0 aliphatic rings. The summed E-state index contributed by atoms with van der Waals surface area (Å²) in [6.45, 7) is 3.39. The first kappa shape index (κ1) is 20.0. The van der Waals surface area contributed by atoms with Gasteiger partial charge >= 0.3 is 0 Å². The first-order chi connectivity index (χ1) is 13.3. The van der Waals surface area contributed by atoms with Crippen LogP contribution in [0.25, 0.3) is 10.7 Å². The lowest BCUT2D eigenvalue weighted by atomic mass is 10.1. The lowest BCUT2D eigenvalue weighted by molar-refractivity contribution is -0.119. The van der Waals surface area contributed by atoms with E-state index >= 15 is 0 Å². The zero-order valence-electron chi connectivity index (χ0n) is 15.7. The predicted molar refractivity (Wildman–Crippen MR) is 108 cm³/mol. The number of amides is 1. The lowest BCUT2D eigenvalue weighted by Gasteiger charge is -2.24. The first-order valence-electron chi connectivity index (χ1n) is 8.43. The molecule has 2 aromatic heterocycles. The number of carbonyl (C=O) groups is 1. The Morgan fingerprint density at radius 1 is 1.25 bits per heavy atom. The van der Waals surface area contributed by atoms with E-state index in [-0.39, 0.29) is 19.0 Å². The minimum atomic E-state index is -3.64. The molecule has 0 atom stereocenters. The van der Waals surface area contributed by atoms with Gasteiger partial charge in [0.25, 0.3) is 0 Å². The average Bonchev–Trinajstić information content (AvgIpc) is 3.31. The molecule has 1 N–H and O–H groups in total. The van der Waals surface area contributed by atoms with Crippen molar-refractivity contribution in [2.75, 3.05) is 17.1 Å². The highest BCUT2D eigenvalue weighted by Gasteiger charge is 2.23. The quantitative estimate of drug-likeness (QED) is 0.630. The minimum absolute atomic E-state index is 0.0155. The molecule has 0 bridgehead atoms. The van der Waals surface area contributed by atoms with Gasteiger partial charge in [0.15, 0.2) is 0 Å². The van der Waals surface area contributed by atoms with Crippen molar-refractivity contribution in [3.05, 3.63) is 52.7 Å². The zero-order valence-corrected chi connectivity index (χ0v) is 17.3. The SMILES string of the molecule is Cc1cccc(N(CC(=O)NCc2nc(-c3cccs3)no2)S(C)(=O)=O)c1C. The summed E-state index contributed by atoms with van der Waals surface area (Å²) in [6.07, 6.45) is 1.08. The molecule has 0 spiro atoms. The number of aromatic nitrogens is 2. The summed E-state index contributed by atoms with van der Waals surface area (Å²) in [5, 5.41) is 8.40. The number of sulfonamides is 1. The highest BCUT2D eigenvalue weighted by Crippen LogP contribution is 2.25. The highest BCUT2D eigenvalue weighted by molar-refractivity contribution is 7.92. The van der Waals surface area contributed by atoms with E-state index in [1.54, 1.807) is 12.1 Å². The number of hydrogen-bond donors (Lipinski definition) is 1. The Kier molecular flexibility index (Phi) is 5.80. The molecule has 0 fully saturated rings. The van der Waals surface area contributed by atoms with E-state index in [2.05, 4.69) is 15.5 Å². The van der Waals surface area contributed by atoms with Gasteiger partial charge in [0.1, 0.15) is 6.54 Å². The van der Waals surface area contributed by atoms with Crippen LogP contribution in [0, 0.1) is 13.8 Å². The standard InChI is InChI=1S/C18H20N4O4S2/c1-12-6-4-7-14(13(12)2)22(28(3,24)25)11-16(23)19-10-17-20-18(21-26-17)15-8-5-9-27-15/h4-9H,10-11H2,1-3H3,(H,19,23). The van der Waals surface area contributed by atoms with Crippen LogP contribution < -0.4 is 9.62 Å². The molecular formula is C18H20N4O4S2. The van der Waals surface area contributed by atoms with Crippen molar-refractivity contribution in [1.29, 1.82) is 0 Å². The fraction of sp³-hybridized carbons (Fsp3) is 0.278. The highest BCUT2D eigenvalue weighted by atomic mass is 32.2. The zero-order chi connectivity index (χ0) is 20.3. The van der Waals surface area contributed by atoms with Crippen LogP contribution in [0.5, 0.6) is 0 Å². The van der Waals surface area contributed by atoms with Crippen LogP contribution in [0.15, 0.2) is 40.2 Å². The summed E-state index contributed by atoms with van der Waals surface area (Å²) >= 11 is 1.48. The van der Waals surface area contributed by atoms with Gasteiger partial charge in [-0.2, -0.15) is 4.98 Å². The van der Waals surface area contributed by atoms with Gasteiger partial charge in [-0.3, -0.25) is 9.10 Å². The topological polar surface area (TPSA) is 105 Å². The molecule has 0 unspecified atom stereocenters. The number of thiophene rings is 1. The number of hydrogen-bond acceptors (Lipinski definition) is 7. The maximum absolute atomic E-state index is 12.4. The van der Waals surface area contributed by atoms with Gasteiger partial charge in [0, 0.05) is 0 Å². The fourth-order valence-corrected chi connectivity index (χ4v) is 4.14. The Morgan fingerprint density at radius 2 is 2.04 bits per heavy atom. The van der Waals surface area contributed by atoms with Crippen molar-refractivity contribution in [2.24, 2.45) is 0 Å². The molecule has 0 radical (unpaired) electrons. The third kappa shape index (κ3) is 4.57. The molecule has 1 amide bonds. The van der Waals surface area contributed by atoms with Crippen molar-refractivity contribution in [3.63, 3.8) is 0 Å². The average molecular weight is 421 g/mol. The molecule has 10 heteroatoms. The smallest absolute Gasteiger partial charge is 0.246 e. The Bertz CT molecular complexity index is 1070. The lowest BCUT2D eigenvalue weighted by Crippen LogP contribution is -2.40. The van der Waals surface area contributed by atoms with E-state index in [1.165, 1.54) is 11.3 Å². The summed E-state index contributed by atoms with van der Waals surface area (Å²) < 4.78 is 30.7. The van der Waals surface area contributed by atoms with E-state index in [1.807, 2.05) is 37.4 Å². The largest absolute Gasteiger partial charge is 0.345 e. The van der Waals surface area contributed by atoms with E-state index < -0.39 is 15.9 Å². The van der Waals surface area contributed by atoms with Crippen molar-refractivity contribution in [3.8, 4) is 10.7 Å². The second kappa shape index (κ2) is 8.11. The van der Waals surface area contributed by atoms with Crippen molar-refractivity contribution in [1.82, 2.24) is 15.5 Å². The monoisotopic (exact) mass is 420 g/mol. The fourth-order valence-electron chi connectivity index (χ4n) is 2.58. The first-order valence-corrected chi connectivity index (χ1v) is 11.2. The number of carbonyl (C=O) groups excluding carboxylic acids is 1. The summed E-state index contributed by atoms with van der Waals surface area (Å²) in [5.41, 5.74) is 2.23. The van der Waals surface area contributed by atoms with Gasteiger partial charge < -0.3 is 9.84 Å². The van der Waals surface area contributed by atoms with Crippen LogP contribution in [-0.2, 0) is 21.4 Å². The van der Waals surface area contributed by atoms with E-state index in [0.717, 1.165) is 26.6 Å². The number of aryl methyl sites for hydroxylation is 1. The van der Waals surface area contributed by atoms with Crippen LogP contribution >= 0.6 is 11.3 Å². The van der Waals surface area contributed by atoms with Crippen LogP contribution in [0.3, 0.4) is 0 Å². The maximum atomic E-state index is 12.4. The van der Waals surface area contributed by atoms with Crippen LogP contribution in [0.1, 0.15) is 17.0 Å². The molecule has 3 rings (SSSR count). The van der Waals surface area contributed by atoms with Crippen LogP contribution in [0.4, 0.5) is 5.69 Å². The molecule has 2 heterocycles. The third-order valence-corrected chi connectivity index (χ3v) is 6.17. The van der Waals surface area contributed by atoms with Gasteiger partial charge in [-0.1, -0.05) is 23.4 Å². The Hall–Kier alpha value is -2.72. The molecule has 1 aromatic carbocycles. The Labute approximate surface area is 167 Å². The number of anilines is 1. The predicted octanol–water partition coefficient (Wildman–Crippen LogP) is 2.50. The summed E-state index contributed by atoms with van der Waals surface area (Å²) in [6, 6.07) is 9.08. The van der Waals surface area contributed by atoms with Gasteiger partial charge in [-0.05, 0) is 42.5 Å². The van der Waals surface area contributed by atoms with Crippen molar-refractivity contribution in [2.45, 2.75) is 20.4 Å². The van der Waals surface area contributed by atoms with E-state index in [0.29, 0.717) is 11.5 Å². The van der Waals surface area contributed by atoms with Gasteiger partial charge in [-0.15, -0.1) is 11.3 Å². The molecule has 148 valence electrons. The van der Waals surface area contributed by atoms with Gasteiger partial charge in [0.05, 0.1) is 23.4 Å². The molecule has 0 aliphatic carbocycles. The second-order valence-electron chi connectivity index (χ2n) is 6.25. The van der Waals surface area contributed by atoms with Crippen LogP contribution in [-0.4, -0.2) is 37.3 Å². The molecule has 28 heavy (non-hydrogen) atoms. The van der Waals surface area contributed by atoms with E-state index in [9.17, 15) is 13.2 Å². The normalized spacial score (nSPS) is 11.4. The molecule has 0 saturated carbocycles. The third-order valence-electron chi connectivity index (χ3n) is 4.18. The molecule has 0 saturated heterocycles. The number of rotatable bonds is 7. The molecule has 3 aromatic rings. The summed E-state index contributed by atoms with van der Waals surface area (Å²) in [5.74, 6) is 0.226. The maximum Gasteiger partial charge on any atom is 0.246 e. The molecule has 0 aliphatic heterocycles. The van der Waals surface area contributed by atoms with Crippen molar-refractivity contribution >= 4 is 33.0 Å². The van der Waals surface area contributed by atoms with Crippen molar-refractivity contribution < 1.29 is 17.7 Å². The number of nitrogens with one attached hydrogen (secondary N) is 1. The Balaban J connectivity index is 1.69. The van der Waals surface area contributed by atoms with E-state index in [4.69, 9.17) is 4.52 Å². The summed E-state index contributed by atoms with van der Waals surface area (Å²) in [7, 11) is -3.64.